The van der Waals surface area contributed by atoms with Crippen molar-refractivity contribution in [3.05, 3.63) is 47.8 Å². The van der Waals surface area contributed by atoms with Crippen LogP contribution < -0.4 is 19.9 Å². The lowest BCUT2D eigenvalue weighted by molar-refractivity contribution is -0.138. The summed E-state index contributed by atoms with van der Waals surface area (Å²) >= 11 is 5.57. The number of nitrogens with one attached hydrogen (secondary N) is 1. The molecule has 1 aliphatic carbocycles. The van der Waals surface area contributed by atoms with Gasteiger partial charge in [0.25, 0.3) is 11.8 Å². The van der Waals surface area contributed by atoms with Gasteiger partial charge in [0, 0.05) is 18.2 Å². The van der Waals surface area contributed by atoms with Crippen molar-refractivity contribution in [2.24, 2.45) is 0 Å². The molecule has 1 aromatic carbocycles. The Labute approximate surface area is 213 Å². The number of pyridine rings is 1. The van der Waals surface area contributed by atoms with Crippen LogP contribution in [-0.4, -0.2) is 46.7 Å². The van der Waals surface area contributed by atoms with Gasteiger partial charge < -0.3 is 15.0 Å². The van der Waals surface area contributed by atoms with Crippen molar-refractivity contribution in [2.45, 2.75) is 49.4 Å². The first-order chi connectivity index (χ1) is 17.4. The van der Waals surface area contributed by atoms with Gasteiger partial charge in [0.2, 0.25) is 0 Å². The van der Waals surface area contributed by atoms with E-state index in [-0.39, 0.29) is 23.8 Å². The molecule has 3 fully saturated rings. The van der Waals surface area contributed by atoms with E-state index in [4.69, 9.17) is 22.2 Å². The molecule has 2 aromatic rings. The molecule has 194 valence electrons. The van der Waals surface area contributed by atoms with E-state index >= 15 is 0 Å². The molecule has 1 aromatic heterocycles. The minimum absolute atomic E-state index is 0.00427. The van der Waals surface area contributed by atoms with Crippen molar-refractivity contribution >= 4 is 34.6 Å². The minimum Gasteiger partial charge on any atom is -0.492 e. The van der Waals surface area contributed by atoms with Crippen molar-refractivity contribution in [2.75, 3.05) is 23.0 Å². The van der Waals surface area contributed by atoms with Crippen molar-refractivity contribution in [3.63, 3.8) is 0 Å². The fourth-order valence-electron chi connectivity index (χ4n) is 4.89. The Morgan fingerprint density at radius 3 is 2.46 bits per heavy atom. The highest BCUT2D eigenvalue weighted by Crippen LogP contribution is 2.48. The van der Waals surface area contributed by atoms with Gasteiger partial charge in [0.1, 0.15) is 24.0 Å². The normalized spacial score (nSPS) is 22.3. The van der Waals surface area contributed by atoms with Gasteiger partial charge in [-0.05, 0) is 61.8 Å². The third-order valence-corrected chi connectivity index (χ3v) is 7.24. The second-order valence-electron chi connectivity index (χ2n) is 9.29. The molecule has 5 rings (SSSR count). The predicted molar refractivity (Wildman–Crippen MR) is 126 cm³/mol. The molecule has 0 radical (unpaired) electrons. The van der Waals surface area contributed by atoms with Gasteiger partial charge in [-0.1, -0.05) is 0 Å². The summed E-state index contributed by atoms with van der Waals surface area (Å²) in [5.74, 6) is -2.79. The smallest absolute Gasteiger partial charge is 0.419 e. The summed E-state index contributed by atoms with van der Waals surface area (Å²) in [7, 11) is 0. The molecule has 0 bridgehead atoms. The van der Waals surface area contributed by atoms with E-state index in [1.54, 1.807) is 29.2 Å². The third kappa shape index (κ3) is 4.38. The van der Waals surface area contributed by atoms with E-state index in [0.717, 1.165) is 17.5 Å². The number of thiocarbonyl (C=S) groups is 1. The van der Waals surface area contributed by atoms with Gasteiger partial charge in [0.15, 0.2) is 10.8 Å². The Bertz CT molecular complexity index is 1290. The molecule has 2 aliphatic heterocycles. The van der Waals surface area contributed by atoms with Crippen molar-refractivity contribution < 1.29 is 31.5 Å². The number of alkyl halides is 5. The van der Waals surface area contributed by atoms with Crippen LogP contribution >= 0.6 is 12.2 Å². The summed E-state index contributed by atoms with van der Waals surface area (Å²) in [5.41, 5.74) is -2.71. The molecule has 1 saturated carbocycles. The number of anilines is 2. The highest BCUT2D eigenvalue weighted by Gasteiger charge is 2.59. The van der Waals surface area contributed by atoms with Crippen molar-refractivity contribution in [3.8, 4) is 11.8 Å². The average molecular weight is 538 g/mol. The summed E-state index contributed by atoms with van der Waals surface area (Å²) in [4.78, 5) is 19.8. The van der Waals surface area contributed by atoms with Crippen LogP contribution in [0.2, 0.25) is 0 Å². The zero-order valence-electron chi connectivity index (χ0n) is 19.2. The number of carbonyl (C=O) groups is 1. The molecule has 13 heteroatoms. The number of nitriles is 1. The molecule has 1 unspecified atom stereocenters. The van der Waals surface area contributed by atoms with E-state index in [9.17, 15) is 26.7 Å². The molecule has 2 saturated heterocycles. The fourth-order valence-corrected chi connectivity index (χ4v) is 5.36. The predicted octanol–water partition coefficient (Wildman–Crippen LogP) is 4.41. The first kappa shape index (κ1) is 25.3. The van der Waals surface area contributed by atoms with Gasteiger partial charge in [-0.15, -0.1) is 0 Å². The maximum atomic E-state index is 13.5. The van der Waals surface area contributed by atoms with Crippen molar-refractivity contribution in [1.29, 1.82) is 5.26 Å². The molecule has 1 amide bonds. The number of carbonyl (C=O) groups excluding carboxylic acids is 1. The van der Waals surface area contributed by atoms with Crippen LogP contribution in [0.25, 0.3) is 0 Å². The van der Waals surface area contributed by atoms with E-state index in [0.29, 0.717) is 30.3 Å². The van der Waals surface area contributed by atoms with Crippen LogP contribution in [0.4, 0.5) is 33.3 Å². The van der Waals surface area contributed by atoms with Crippen LogP contribution in [0, 0.1) is 11.3 Å². The van der Waals surface area contributed by atoms with Gasteiger partial charge in [-0.25, -0.2) is 13.8 Å². The zero-order valence-corrected chi connectivity index (χ0v) is 20.0. The molecule has 7 nitrogen and oxygen atoms in total. The maximum absolute atomic E-state index is 13.5. The Hall–Kier alpha value is -3.37. The molecular weight excluding hydrogens is 517 g/mol. The zero-order chi connectivity index (χ0) is 26.6. The van der Waals surface area contributed by atoms with Crippen LogP contribution in [0.1, 0.15) is 36.9 Å². The van der Waals surface area contributed by atoms with Gasteiger partial charge in [-0.3, -0.25) is 9.69 Å². The first-order valence-corrected chi connectivity index (χ1v) is 11.9. The van der Waals surface area contributed by atoms with Crippen LogP contribution in [0.3, 0.4) is 0 Å². The SMILES string of the molecule is N#Cc1ncc(N2C(=O)C3(CCC3)N(c3ccc(OCC4CC(F)(F)CN4)cc3)C2=S)cc1C(F)(F)F. The fraction of sp³-hybridized carbons (Fsp3) is 0.417. The molecule has 1 atom stereocenters. The Morgan fingerprint density at radius 2 is 1.92 bits per heavy atom. The van der Waals surface area contributed by atoms with Gasteiger partial charge in [0.05, 0.1) is 24.0 Å². The quantitative estimate of drug-likeness (QED) is 0.447. The summed E-state index contributed by atoms with van der Waals surface area (Å²) in [6, 6.07) is 8.22. The molecular formula is C24H20F5N5O2S. The number of hydrogen-bond donors (Lipinski definition) is 1. The van der Waals surface area contributed by atoms with Gasteiger partial charge in [-0.2, -0.15) is 18.4 Å². The van der Waals surface area contributed by atoms with Crippen LogP contribution in [0.5, 0.6) is 5.75 Å². The average Bonchev–Trinajstić information content (AvgIpc) is 3.29. The highest BCUT2D eigenvalue weighted by molar-refractivity contribution is 7.81. The Morgan fingerprint density at radius 1 is 1.22 bits per heavy atom. The van der Waals surface area contributed by atoms with Crippen LogP contribution in [0.15, 0.2) is 36.5 Å². The lowest BCUT2D eigenvalue weighted by atomic mass is 9.75. The largest absolute Gasteiger partial charge is 0.492 e. The van der Waals surface area contributed by atoms with E-state index in [1.807, 2.05) is 0 Å². The summed E-state index contributed by atoms with van der Waals surface area (Å²) in [5, 5.41) is 11.7. The van der Waals surface area contributed by atoms with Crippen LogP contribution in [-0.2, 0) is 11.0 Å². The topological polar surface area (TPSA) is 81.5 Å². The molecule has 3 aliphatic rings. The number of benzene rings is 1. The highest BCUT2D eigenvalue weighted by atomic mass is 32.1. The second kappa shape index (κ2) is 8.88. The summed E-state index contributed by atoms with van der Waals surface area (Å²) in [6.07, 6.45) is -2.47. The van der Waals surface area contributed by atoms with E-state index in [1.165, 1.54) is 6.07 Å². The maximum Gasteiger partial charge on any atom is 0.419 e. The standard InChI is InChI=1S/C24H20F5N5O2S/c25-23(26)9-14(32-13-23)12-36-17-4-2-15(3-5-17)34-21(37)33(20(35)22(34)6-1-7-22)16-8-18(24(27,28)29)19(10-30)31-11-16/h2-5,8,11,14,32H,1,6-7,9,12-13H2. The Kier molecular flexibility index (Phi) is 6.07. The number of ether oxygens (including phenoxy) is 1. The lowest BCUT2D eigenvalue weighted by Gasteiger charge is -2.43. The van der Waals surface area contributed by atoms with E-state index in [2.05, 4.69) is 10.3 Å². The van der Waals surface area contributed by atoms with Crippen molar-refractivity contribution in [1.82, 2.24) is 10.3 Å². The number of rotatable bonds is 5. The number of hydrogen-bond acceptors (Lipinski definition) is 6. The molecule has 1 spiro atoms. The molecule has 1 N–H and O–H groups in total. The van der Waals surface area contributed by atoms with E-state index < -0.39 is 47.4 Å². The van der Waals surface area contributed by atoms with Gasteiger partial charge >= 0.3 is 6.18 Å². The summed E-state index contributed by atoms with van der Waals surface area (Å²) < 4.78 is 72.9. The number of amides is 1. The first-order valence-electron chi connectivity index (χ1n) is 11.5. The molecule has 37 heavy (non-hydrogen) atoms. The lowest BCUT2D eigenvalue weighted by Crippen LogP contribution is -2.55. The second-order valence-corrected chi connectivity index (χ2v) is 9.65. The minimum atomic E-state index is -4.84. The number of nitrogens with zero attached hydrogens (tertiary/aromatic N) is 4. The monoisotopic (exact) mass is 537 g/mol. The number of halogens is 5. The summed E-state index contributed by atoms with van der Waals surface area (Å²) in [6.45, 7) is -0.335. The Balaban J connectivity index is 1.40. The number of aromatic nitrogens is 1. The molecule has 3 heterocycles. The third-order valence-electron chi connectivity index (χ3n) is 6.88.